The SMILES string of the molecule is Cc1nn(CC(C)C)c(C)c1CCC(=O)N1CCN2CCC1C2. The Kier molecular flexibility index (Phi) is 4.76. The Balaban J connectivity index is 1.61. The van der Waals surface area contributed by atoms with E-state index in [1.165, 1.54) is 11.3 Å². The zero-order chi connectivity index (χ0) is 16.6. The molecule has 5 nitrogen and oxygen atoms in total. The lowest BCUT2D eigenvalue weighted by atomic mass is 10.1. The summed E-state index contributed by atoms with van der Waals surface area (Å²) in [5.41, 5.74) is 3.58. The molecule has 23 heavy (non-hydrogen) atoms. The first-order valence-electron chi connectivity index (χ1n) is 9.00. The smallest absolute Gasteiger partial charge is 0.223 e. The van der Waals surface area contributed by atoms with Crippen LogP contribution in [-0.4, -0.2) is 57.7 Å². The van der Waals surface area contributed by atoms with Gasteiger partial charge in [0.2, 0.25) is 5.91 Å². The fraction of sp³-hybridized carbons (Fsp3) is 0.778. The third kappa shape index (κ3) is 3.44. The molecule has 5 heteroatoms. The van der Waals surface area contributed by atoms with Crippen molar-refractivity contribution in [1.29, 1.82) is 0 Å². The molecule has 1 aromatic heterocycles. The van der Waals surface area contributed by atoms with Crippen LogP contribution in [0.15, 0.2) is 0 Å². The molecule has 1 amide bonds. The summed E-state index contributed by atoms with van der Waals surface area (Å²) in [7, 11) is 0. The van der Waals surface area contributed by atoms with E-state index < -0.39 is 0 Å². The second-order valence-electron chi connectivity index (χ2n) is 7.56. The average Bonchev–Trinajstić information content (AvgIpc) is 2.98. The molecule has 2 aliphatic heterocycles. The quantitative estimate of drug-likeness (QED) is 0.834. The fourth-order valence-corrected chi connectivity index (χ4v) is 4.02. The lowest BCUT2D eigenvalue weighted by Gasteiger charge is -2.34. The highest BCUT2D eigenvalue weighted by Gasteiger charge is 2.34. The monoisotopic (exact) mass is 318 g/mol. The molecule has 3 heterocycles. The number of rotatable bonds is 5. The van der Waals surface area contributed by atoms with Crippen LogP contribution in [0.3, 0.4) is 0 Å². The highest BCUT2D eigenvalue weighted by atomic mass is 16.2. The van der Waals surface area contributed by atoms with Gasteiger partial charge in [0, 0.05) is 50.9 Å². The third-order valence-electron chi connectivity index (χ3n) is 5.32. The maximum atomic E-state index is 12.6. The van der Waals surface area contributed by atoms with Crippen LogP contribution in [-0.2, 0) is 17.8 Å². The van der Waals surface area contributed by atoms with Crippen LogP contribution in [0, 0.1) is 19.8 Å². The van der Waals surface area contributed by atoms with E-state index in [9.17, 15) is 4.79 Å². The molecule has 0 N–H and O–H groups in total. The molecule has 1 aromatic rings. The topological polar surface area (TPSA) is 41.4 Å². The normalized spacial score (nSPS) is 23.8. The van der Waals surface area contributed by atoms with Crippen LogP contribution < -0.4 is 0 Å². The summed E-state index contributed by atoms with van der Waals surface area (Å²) in [6.07, 6.45) is 2.59. The summed E-state index contributed by atoms with van der Waals surface area (Å²) in [5, 5.41) is 4.66. The number of amides is 1. The van der Waals surface area contributed by atoms with Gasteiger partial charge in [0.05, 0.1) is 5.69 Å². The Morgan fingerprint density at radius 3 is 2.78 bits per heavy atom. The van der Waals surface area contributed by atoms with Crippen molar-refractivity contribution in [1.82, 2.24) is 19.6 Å². The van der Waals surface area contributed by atoms with Gasteiger partial charge in [-0.05, 0) is 38.2 Å². The number of piperazine rings is 1. The minimum absolute atomic E-state index is 0.326. The van der Waals surface area contributed by atoms with Gasteiger partial charge in [0.15, 0.2) is 0 Å². The molecular formula is C18H30N4O. The number of fused-ring (bicyclic) bond motifs is 2. The van der Waals surface area contributed by atoms with Crippen molar-refractivity contribution in [3.63, 3.8) is 0 Å². The van der Waals surface area contributed by atoms with Crippen LogP contribution in [0.5, 0.6) is 0 Å². The van der Waals surface area contributed by atoms with Gasteiger partial charge in [-0.1, -0.05) is 13.8 Å². The standard InChI is InChI=1S/C18H30N4O/c1-13(2)11-22-15(4)17(14(3)19-22)5-6-18(23)21-10-9-20-8-7-16(21)12-20/h13,16H,5-12H2,1-4H3. The van der Waals surface area contributed by atoms with Crippen LogP contribution in [0.1, 0.15) is 43.6 Å². The van der Waals surface area contributed by atoms with Gasteiger partial charge in [0.1, 0.15) is 0 Å². The largest absolute Gasteiger partial charge is 0.337 e. The van der Waals surface area contributed by atoms with E-state index >= 15 is 0 Å². The molecule has 0 saturated carbocycles. The van der Waals surface area contributed by atoms with E-state index in [2.05, 4.69) is 47.3 Å². The van der Waals surface area contributed by atoms with Crippen molar-refractivity contribution in [3.05, 3.63) is 17.0 Å². The predicted molar refractivity (Wildman–Crippen MR) is 91.4 cm³/mol. The number of aryl methyl sites for hydroxylation is 1. The van der Waals surface area contributed by atoms with Gasteiger partial charge in [0.25, 0.3) is 0 Å². The Hall–Kier alpha value is -1.36. The van der Waals surface area contributed by atoms with Crippen LogP contribution in [0.2, 0.25) is 0 Å². The van der Waals surface area contributed by atoms with E-state index in [-0.39, 0.29) is 0 Å². The molecule has 0 aliphatic carbocycles. The van der Waals surface area contributed by atoms with E-state index in [1.807, 2.05) is 0 Å². The minimum Gasteiger partial charge on any atom is -0.337 e. The van der Waals surface area contributed by atoms with E-state index in [0.717, 1.165) is 51.3 Å². The Labute approximate surface area is 139 Å². The second-order valence-corrected chi connectivity index (χ2v) is 7.56. The van der Waals surface area contributed by atoms with E-state index in [4.69, 9.17) is 0 Å². The molecule has 128 valence electrons. The number of aromatic nitrogens is 2. The molecule has 2 bridgehead atoms. The molecule has 3 rings (SSSR count). The number of hydrogen-bond acceptors (Lipinski definition) is 3. The number of carbonyl (C=O) groups excluding carboxylic acids is 1. The number of carbonyl (C=O) groups is 1. The number of nitrogens with zero attached hydrogens (tertiary/aromatic N) is 4. The van der Waals surface area contributed by atoms with Crippen molar-refractivity contribution in [2.24, 2.45) is 5.92 Å². The molecule has 2 fully saturated rings. The third-order valence-corrected chi connectivity index (χ3v) is 5.32. The molecule has 0 aromatic carbocycles. The van der Waals surface area contributed by atoms with Gasteiger partial charge in [-0.25, -0.2) is 0 Å². The maximum Gasteiger partial charge on any atom is 0.223 e. The molecule has 0 spiro atoms. The first-order valence-corrected chi connectivity index (χ1v) is 9.00. The lowest BCUT2D eigenvalue weighted by Crippen LogP contribution is -2.49. The highest BCUT2D eigenvalue weighted by molar-refractivity contribution is 5.77. The van der Waals surface area contributed by atoms with Crippen molar-refractivity contribution >= 4 is 5.91 Å². The Bertz CT molecular complexity index is 578. The molecule has 2 aliphatic rings. The van der Waals surface area contributed by atoms with Gasteiger partial charge in [-0.3, -0.25) is 14.4 Å². The van der Waals surface area contributed by atoms with Gasteiger partial charge in [-0.2, -0.15) is 5.10 Å². The fourth-order valence-electron chi connectivity index (χ4n) is 4.02. The molecule has 2 saturated heterocycles. The molecular weight excluding hydrogens is 288 g/mol. The van der Waals surface area contributed by atoms with Crippen LogP contribution in [0.4, 0.5) is 0 Å². The van der Waals surface area contributed by atoms with Gasteiger partial charge < -0.3 is 4.90 Å². The summed E-state index contributed by atoms with van der Waals surface area (Å²) in [6, 6.07) is 0.460. The minimum atomic E-state index is 0.326. The van der Waals surface area contributed by atoms with E-state index in [1.54, 1.807) is 0 Å². The zero-order valence-corrected chi connectivity index (χ0v) is 15.0. The summed E-state index contributed by atoms with van der Waals surface area (Å²) in [4.78, 5) is 17.2. The van der Waals surface area contributed by atoms with Gasteiger partial charge >= 0.3 is 0 Å². The highest BCUT2D eigenvalue weighted by Crippen LogP contribution is 2.22. The van der Waals surface area contributed by atoms with Crippen LogP contribution >= 0.6 is 0 Å². The second kappa shape index (κ2) is 6.63. The maximum absolute atomic E-state index is 12.6. The van der Waals surface area contributed by atoms with Crippen molar-refractivity contribution in [3.8, 4) is 0 Å². The summed E-state index contributed by atoms with van der Waals surface area (Å²) in [5.74, 6) is 0.910. The Morgan fingerprint density at radius 1 is 1.26 bits per heavy atom. The molecule has 2 atom stereocenters. The van der Waals surface area contributed by atoms with Crippen molar-refractivity contribution in [2.45, 2.75) is 59.5 Å². The lowest BCUT2D eigenvalue weighted by molar-refractivity contribution is -0.134. The predicted octanol–water partition coefficient (Wildman–Crippen LogP) is 2.01. The molecule has 2 unspecified atom stereocenters. The Morgan fingerprint density at radius 2 is 2.04 bits per heavy atom. The van der Waals surface area contributed by atoms with Crippen molar-refractivity contribution < 1.29 is 4.79 Å². The van der Waals surface area contributed by atoms with Gasteiger partial charge in [-0.15, -0.1) is 0 Å². The average molecular weight is 318 g/mol. The first kappa shape index (κ1) is 16.5. The summed E-state index contributed by atoms with van der Waals surface area (Å²) >= 11 is 0. The first-order chi connectivity index (χ1) is 11.0. The molecule has 0 radical (unpaired) electrons. The van der Waals surface area contributed by atoms with Crippen LogP contribution in [0.25, 0.3) is 0 Å². The number of hydrogen-bond donors (Lipinski definition) is 0. The summed E-state index contributed by atoms with van der Waals surface area (Å²) < 4.78 is 2.11. The van der Waals surface area contributed by atoms with Crippen molar-refractivity contribution in [2.75, 3.05) is 26.2 Å². The zero-order valence-electron chi connectivity index (χ0n) is 15.0. The van der Waals surface area contributed by atoms with E-state index in [0.29, 0.717) is 24.3 Å². The summed E-state index contributed by atoms with van der Waals surface area (Å²) in [6.45, 7) is 13.8.